The Kier molecular flexibility index (Phi) is 9.09. The van der Waals surface area contributed by atoms with Crippen LogP contribution in [0.5, 0.6) is 0 Å². The van der Waals surface area contributed by atoms with Crippen molar-refractivity contribution in [1.82, 2.24) is 9.71 Å². The Hall–Kier alpha value is -2.14. The van der Waals surface area contributed by atoms with Crippen molar-refractivity contribution in [2.75, 3.05) is 17.3 Å². The van der Waals surface area contributed by atoms with Crippen LogP contribution in [0.3, 0.4) is 0 Å². The van der Waals surface area contributed by atoms with Gasteiger partial charge in [0.05, 0.1) is 9.92 Å². The number of pyridine rings is 1. The third-order valence-corrected chi connectivity index (χ3v) is 6.24. The quantitative estimate of drug-likeness (QED) is 0.512. The number of aromatic nitrogens is 1. The highest BCUT2D eigenvalue weighted by Crippen LogP contribution is 2.13. The molecule has 162 valence electrons. The summed E-state index contributed by atoms with van der Waals surface area (Å²) in [6.07, 6.45) is 2.25. The van der Waals surface area contributed by atoms with Crippen molar-refractivity contribution in [1.29, 1.82) is 0 Å². The number of hydrogen-bond donors (Lipinski definition) is 2. The molecule has 30 heavy (non-hydrogen) atoms. The number of anilines is 1. The zero-order valence-corrected chi connectivity index (χ0v) is 18.8. The van der Waals surface area contributed by atoms with E-state index in [0.717, 1.165) is 0 Å². The van der Waals surface area contributed by atoms with Crippen molar-refractivity contribution in [2.45, 2.75) is 30.4 Å². The minimum absolute atomic E-state index is 0.0338. The molecule has 0 radical (unpaired) electrons. The number of carbonyl (C=O) groups is 2. The van der Waals surface area contributed by atoms with Crippen LogP contribution in [0.1, 0.15) is 13.3 Å². The van der Waals surface area contributed by atoms with Crippen LogP contribution in [0.25, 0.3) is 0 Å². The summed E-state index contributed by atoms with van der Waals surface area (Å²) in [5.74, 6) is -0.675. The molecule has 0 saturated heterocycles. The van der Waals surface area contributed by atoms with Crippen molar-refractivity contribution in [3.05, 3.63) is 53.7 Å². The maximum absolute atomic E-state index is 12.6. The predicted octanol–water partition coefficient (Wildman–Crippen LogP) is 2.71. The van der Waals surface area contributed by atoms with Gasteiger partial charge in [-0.1, -0.05) is 29.8 Å². The molecule has 1 aromatic carbocycles. The van der Waals surface area contributed by atoms with Crippen LogP contribution in [0, 0.1) is 0 Å². The molecule has 0 spiro atoms. The van der Waals surface area contributed by atoms with Gasteiger partial charge in [-0.2, -0.15) is 16.5 Å². The third kappa shape index (κ3) is 7.28. The SMILES string of the molecule is CSCC[C@H](NS(=O)(=O)c1ccccc1)C(=O)O[C@@H](C)C(=O)Nc1ccc(Cl)cn1. The van der Waals surface area contributed by atoms with Gasteiger partial charge in [0.2, 0.25) is 10.0 Å². The van der Waals surface area contributed by atoms with E-state index < -0.39 is 34.0 Å². The Morgan fingerprint density at radius 3 is 2.50 bits per heavy atom. The highest BCUT2D eigenvalue weighted by atomic mass is 35.5. The molecule has 8 nitrogen and oxygen atoms in total. The Bertz CT molecular complexity index is 956. The standard InChI is InChI=1S/C19H22ClN3O5S2/c1-13(18(24)22-17-9-8-14(20)12-21-17)28-19(25)16(10-11-29-2)23-30(26,27)15-6-4-3-5-7-15/h3-9,12-13,16,23H,10-11H2,1-2H3,(H,21,22,24)/t13-,16-/m0/s1. The molecule has 0 saturated carbocycles. The molecule has 1 heterocycles. The molecule has 2 atom stereocenters. The highest BCUT2D eigenvalue weighted by Gasteiger charge is 2.29. The second kappa shape index (κ2) is 11.3. The summed E-state index contributed by atoms with van der Waals surface area (Å²) in [5.41, 5.74) is 0. The van der Waals surface area contributed by atoms with E-state index in [2.05, 4.69) is 15.0 Å². The lowest BCUT2D eigenvalue weighted by atomic mass is 10.2. The number of thioether (sulfide) groups is 1. The average Bonchev–Trinajstić information content (AvgIpc) is 2.73. The summed E-state index contributed by atoms with van der Waals surface area (Å²) in [6, 6.07) is 9.63. The van der Waals surface area contributed by atoms with Gasteiger partial charge in [0.25, 0.3) is 5.91 Å². The molecule has 0 fully saturated rings. The Morgan fingerprint density at radius 1 is 1.20 bits per heavy atom. The minimum Gasteiger partial charge on any atom is -0.451 e. The molecule has 11 heteroatoms. The van der Waals surface area contributed by atoms with Crippen LogP contribution in [-0.4, -0.2) is 49.4 Å². The first-order valence-corrected chi connectivity index (χ1v) is 12.2. The topological polar surface area (TPSA) is 114 Å². The molecule has 0 aliphatic rings. The largest absolute Gasteiger partial charge is 0.451 e. The van der Waals surface area contributed by atoms with Crippen molar-refractivity contribution in [3.63, 3.8) is 0 Å². The molecule has 1 aromatic heterocycles. The normalized spacial score (nSPS) is 13.3. The molecule has 2 aromatic rings. The monoisotopic (exact) mass is 471 g/mol. The van der Waals surface area contributed by atoms with Crippen LogP contribution in [-0.2, 0) is 24.3 Å². The molecule has 1 amide bonds. The molecule has 0 aliphatic carbocycles. The second-order valence-corrected chi connectivity index (χ2v) is 9.33. The molecule has 0 bridgehead atoms. The van der Waals surface area contributed by atoms with Crippen LogP contribution >= 0.6 is 23.4 Å². The number of ether oxygens (including phenoxy) is 1. The number of carbonyl (C=O) groups excluding carboxylic acids is 2. The fraction of sp³-hybridized carbons (Fsp3) is 0.316. The summed E-state index contributed by atoms with van der Waals surface area (Å²) in [6.45, 7) is 1.39. The van der Waals surface area contributed by atoms with E-state index in [4.69, 9.17) is 16.3 Å². The first-order valence-electron chi connectivity index (χ1n) is 8.92. The van der Waals surface area contributed by atoms with Gasteiger partial charge >= 0.3 is 5.97 Å². The van der Waals surface area contributed by atoms with E-state index in [0.29, 0.717) is 10.8 Å². The maximum Gasteiger partial charge on any atom is 0.324 e. The number of sulfonamides is 1. The van der Waals surface area contributed by atoms with Crippen molar-refractivity contribution in [2.24, 2.45) is 0 Å². The summed E-state index contributed by atoms with van der Waals surface area (Å²) < 4.78 is 32.7. The molecule has 0 aliphatic heterocycles. The first-order chi connectivity index (χ1) is 14.2. The number of nitrogens with zero attached hydrogens (tertiary/aromatic N) is 1. The van der Waals surface area contributed by atoms with E-state index in [9.17, 15) is 18.0 Å². The summed E-state index contributed by atoms with van der Waals surface area (Å²) >= 11 is 7.21. The lowest BCUT2D eigenvalue weighted by Gasteiger charge is -2.20. The zero-order valence-electron chi connectivity index (χ0n) is 16.4. The van der Waals surface area contributed by atoms with Crippen molar-refractivity contribution < 1.29 is 22.7 Å². The smallest absolute Gasteiger partial charge is 0.324 e. The van der Waals surface area contributed by atoms with E-state index in [1.165, 1.54) is 43.1 Å². The third-order valence-electron chi connectivity index (χ3n) is 3.89. The van der Waals surface area contributed by atoms with Gasteiger partial charge in [0.1, 0.15) is 11.9 Å². The molecule has 0 unspecified atom stereocenters. The minimum atomic E-state index is -3.93. The number of rotatable bonds is 10. The van der Waals surface area contributed by atoms with Gasteiger partial charge in [0.15, 0.2) is 6.10 Å². The molecule has 2 N–H and O–H groups in total. The lowest BCUT2D eigenvalue weighted by Crippen LogP contribution is -2.44. The summed E-state index contributed by atoms with van der Waals surface area (Å²) in [4.78, 5) is 28.8. The van der Waals surface area contributed by atoms with E-state index in [-0.39, 0.29) is 17.1 Å². The number of hydrogen-bond acceptors (Lipinski definition) is 7. The second-order valence-electron chi connectivity index (χ2n) is 6.20. The zero-order chi connectivity index (χ0) is 22.1. The van der Waals surface area contributed by atoms with E-state index in [1.54, 1.807) is 24.3 Å². The first kappa shape index (κ1) is 24.1. The van der Waals surface area contributed by atoms with Gasteiger partial charge in [-0.3, -0.25) is 9.59 Å². The van der Waals surface area contributed by atoms with Crippen molar-refractivity contribution in [3.8, 4) is 0 Å². The molecular weight excluding hydrogens is 450 g/mol. The molecular formula is C19H22ClN3O5S2. The number of esters is 1. The van der Waals surface area contributed by atoms with Crippen LogP contribution in [0.4, 0.5) is 5.82 Å². The fourth-order valence-corrected chi connectivity index (χ4v) is 4.13. The van der Waals surface area contributed by atoms with Gasteiger partial charge in [-0.05, 0) is 49.6 Å². The van der Waals surface area contributed by atoms with E-state index in [1.807, 2.05) is 6.26 Å². The van der Waals surface area contributed by atoms with Gasteiger partial charge in [0, 0.05) is 6.20 Å². The number of amides is 1. The lowest BCUT2D eigenvalue weighted by molar-refractivity contribution is -0.154. The predicted molar refractivity (Wildman–Crippen MR) is 117 cm³/mol. The van der Waals surface area contributed by atoms with Gasteiger partial charge in [-0.15, -0.1) is 0 Å². The number of halogens is 1. The highest BCUT2D eigenvalue weighted by molar-refractivity contribution is 7.98. The van der Waals surface area contributed by atoms with Crippen LogP contribution in [0.15, 0.2) is 53.6 Å². The average molecular weight is 472 g/mol. The number of nitrogens with one attached hydrogen (secondary N) is 2. The summed E-state index contributed by atoms with van der Waals surface area (Å²) in [7, 11) is -3.93. The fourth-order valence-electron chi connectivity index (χ4n) is 2.30. The summed E-state index contributed by atoms with van der Waals surface area (Å²) in [5, 5.41) is 2.91. The Balaban J connectivity index is 2.04. The van der Waals surface area contributed by atoms with Crippen LogP contribution < -0.4 is 10.0 Å². The maximum atomic E-state index is 12.6. The van der Waals surface area contributed by atoms with E-state index >= 15 is 0 Å². The Morgan fingerprint density at radius 2 is 1.90 bits per heavy atom. The molecule has 2 rings (SSSR count). The van der Waals surface area contributed by atoms with Gasteiger partial charge < -0.3 is 10.1 Å². The van der Waals surface area contributed by atoms with Crippen molar-refractivity contribution >= 4 is 51.1 Å². The van der Waals surface area contributed by atoms with Gasteiger partial charge in [-0.25, -0.2) is 13.4 Å². The van der Waals surface area contributed by atoms with Crippen LogP contribution in [0.2, 0.25) is 5.02 Å². The Labute approximate surface area is 184 Å². The number of benzene rings is 1.